The number of unbranched alkanes of at least 4 members (excludes halogenated alkanes) is 1. The minimum atomic E-state index is -0.0104. The first-order valence-corrected chi connectivity index (χ1v) is 26.7. The molecule has 3 atom stereocenters. The molecule has 360 valence electrons. The molecular formula is C68H78N2. The Morgan fingerprint density at radius 2 is 0.857 bits per heavy atom. The van der Waals surface area contributed by atoms with Crippen molar-refractivity contribution in [3.63, 3.8) is 0 Å². The molecule has 70 heavy (non-hydrogen) atoms. The van der Waals surface area contributed by atoms with Gasteiger partial charge in [-0.05, 0) is 212 Å². The molecule has 2 fully saturated rings. The molecule has 0 N–H and O–H groups in total. The lowest BCUT2D eigenvalue weighted by Crippen LogP contribution is -2.43. The van der Waals surface area contributed by atoms with Crippen LogP contribution in [0.3, 0.4) is 0 Å². The summed E-state index contributed by atoms with van der Waals surface area (Å²) in [5.74, 6) is 0.469. The average molecular weight is 923 g/mol. The van der Waals surface area contributed by atoms with Crippen LogP contribution in [-0.2, 0) is 28.1 Å². The second kappa shape index (κ2) is 17.8. The van der Waals surface area contributed by atoms with E-state index in [1.807, 2.05) is 0 Å². The SMILES string of the molecule is CCCCc1ccc(C2C[C@]34CCC[C@@]3(C2)c2cc(N(c3ccc(C)cc3)c3c(C)cc(C(C)(C)C)cc3C)ccc2-c2ccc(N(c3ccc(C)cc3)c3c(C)cc(C(C)(C)C)cc3C)cc24)cc1. The monoisotopic (exact) mass is 923 g/mol. The summed E-state index contributed by atoms with van der Waals surface area (Å²) in [6, 6.07) is 53.3. The lowest BCUT2D eigenvalue weighted by Gasteiger charge is -2.48. The van der Waals surface area contributed by atoms with E-state index in [-0.39, 0.29) is 21.7 Å². The number of fused-ring (bicyclic) bond motifs is 3. The van der Waals surface area contributed by atoms with Gasteiger partial charge in [-0.2, -0.15) is 0 Å². The lowest BCUT2D eigenvalue weighted by atomic mass is 9.55. The Bertz CT molecular complexity index is 2850. The van der Waals surface area contributed by atoms with E-state index in [9.17, 15) is 0 Å². The molecule has 0 heterocycles. The normalized spacial score (nSPS) is 19.4. The van der Waals surface area contributed by atoms with Gasteiger partial charge < -0.3 is 9.80 Å². The predicted molar refractivity (Wildman–Crippen MR) is 301 cm³/mol. The van der Waals surface area contributed by atoms with E-state index in [4.69, 9.17) is 0 Å². The summed E-state index contributed by atoms with van der Waals surface area (Å²) in [4.78, 5) is 5.17. The van der Waals surface area contributed by atoms with E-state index in [1.54, 1.807) is 11.1 Å². The molecule has 10 rings (SSSR count). The van der Waals surface area contributed by atoms with Crippen molar-refractivity contribution in [3.8, 4) is 11.1 Å². The predicted octanol–water partition coefficient (Wildman–Crippen LogP) is 19.3. The second-order valence-corrected chi connectivity index (χ2v) is 24.2. The van der Waals surface area contributed by atoms with E-state index in [1.165, 1.54) is 146 Å². The van der Waals surface area contributed by atoms with Gasteiger partial charge in [0, 0.05) is 33.6 Å². The van der Waals surface area contributed by atoms with Crippen LogP contribution in [0.15, 0.2) is 133 Å². The fourth-order valence-corrected chi connectivity index (χ4v) is 13.5. The van der Waals surface area contributed by atoms with Crippen molar-refractivity contribution in [1.82, 2.24) is 0 Å². The molecule has 0 amide bonds. The first kappa shape index (κ1) is 47.8. The first-order chi connectivity index (χ1) is 33.3. The van der Waals surface area contributed by atoms with Gasteiger partial charge >= 0.3 is 0 Å². The highest BCUT2D eigenvalue weighted by atomic mass is 15.2. The zero-order valence-electron chi connectivity index (χ0n) is 44.8. The Morgan fingerprint density at radius 3 is 1.23 bits per heavy atom. The molecule has 3 aliphatic carbocycles. The van der Waals surface area contributed by atoms with Crippen molar-refractivity contribution >= 4 is 34.1 Å². The molecule has 2 nitrogen and oxygen atoms in total. The highest BCUT2D eigenvalue weighted by molar-refractivity contribution is 5.89. The number of benzene rings is 7. The molecule has 7 aromatic carbocycles. The standard InChI is InChI=1S/C68H78N2/c1-14-15-17-50-22-24-51(25-23-50)52-42-67-34-16-35-68(67,43-52)62-41-58(70(56-28-20-45(3)21-29-56)64-48(6)38-54(39-49(64)7)66(11,12)13)31-33-60(62)59-32-30-57(40-61(59)67)69(55-26-18-44(2)19-27-55)63-46(4)36-53(37-47(63)5)65(8,9)10/h18-33,36-41,52H,14-17,34-35,42-43H2,1-13H3/t52?,67-,68+. The minimum Gasteiger partial charge on any atom is -0.310 e. The topological polar surface area (TPSA) is 6.48 Å². The maximum atomic E-state index is 2.67. The van der Waals surface area contributed by atoms with Gasteiger partial charge in [0.05, 0.1) is 11.4 Å². The van der Waals surface area contributed by atoms with Gasteiger partial charge in [-0.15, -0.1) is 0 Å². The van der Waals surface area contributed by atoms with Crippen molar-refractivity contribution in [2.24, 2.45) is 0 Å². The fraction of sp³-hybridized carbons (Fsp3) is 0.382. The molecule has 0 bridgehead atoms. The number of hydrogen-bond acceptors (Lipinski definition) is 2. The van der Waals surface area contributed by atoms with Gasteiger partial charge in [-0.3, -0.25) is 0 Å². The first-order valence-electron chi connectivity index (χ1n) is 26.7. The van der Waals surface area contributed by atoms with Crippen molar-refractivity contribution in [2.75, 3.05) is 9.80 Å². The number of rotatable bonds is 10. The second-order valence-electron chi connectivity index (χ2n) is 24.2. The summed E-state index contributed by atoms with van der Waals surface area (Å²) >= 11 is 0. The minimum absolute atomic E-state index is 0.0104. The van der Waals surface area contributed by atoms with Crippen molar-refractivity contribution in [1.29, 1.82) is 0 Å². The van der Waals surface area contributed by atoms with Gasteiger partial charge in [-0.25, -0.2) is 0 Å². The van der Waals surface area contributed by atoms with Gasteiger partial charge in [0.1, 0.15) is 0 Å². The molecule has 0 aromatic heterocycles. The number of nitrogens with zero attached hydrogens (tertiary/aromatic N) is 2. The Hall–Kier alpha value is -5.86. The van der Waals surface area contributed by atoms with Crippen molar-refractivity contribution in [2.45, 2.75) is 169 Å². The van der Waals surface area contributed by atoms with Crippen LogP contribution in [0.25, 0.3) is 11.1 Å². The largest absolute Gasteiger partial charge is 0.310 e. The zero-order chi connectivity index (χ0) is 49.5. The van der Waals surface area contributed by atoms with E-state index in [0.717, 1.165) is 6.42 Å². The molecule has 3 aliphatic rings. The van der Waals surface area contributed by atoms with Gasteiger partial charge in [0.15, 0.2) is 0 Å². The molecule has 0 aliphatic heterocycles. The third-order valence-electron chi connectivity index (χ3n) is 17.2. The summed E-state index contributed by atoms with van der Waals surface area (Å²) in [6.07, 6.45) is 9.60. The molecule has 2 heteroatoms. The zero-order valence-corrected chi connectivity index (χ0v) is 44.8. The van der Waals surface area contributed by atoms with Gasteiger partial charge in [0.25, 0.3) is 0 Å². The highest BCUT2D eigenvalue weighted by Gasteiger charge is 2.65. The average Bonchev–Trinajstić information content (AvgIpc) is 3.87. The number of hydrogen-bond donors (Lipinski definition) is 0. The van der Waals surface area contributed by atoms with Crippen molar-refractivity contribution in [3.05, 3.63) is 200 Å². The lowest BCUT2D eigenvalue weighted by molar-refractivity contribution is 0.299. The molecule has 7 aromatic rings. The smallest absolute Gasteiger partial charge is 0.0520 e. The molecule has 2 saturated carbocycles. The Morgan fingerprint density at radius 1 is 0.471 bits per heavy atom. The molecule has 0 spiro atoms. The van der Waals surface area contributed by atoms with Crippen LogP contribution < -0.4 is 9.80 Å². The van der Waals surface area contributed by atoms with Crippen LogP contribution >= 0.6 is 0 Å². The van der Waals surface area contributed by atoms with Crippen LogP contribution in [0.5, 0.6) is 0 Å². The summed E-state index contributed by atoms with van der Waals surface area (Å²) < 4.78 is 0. The molecule has 1 unspecified atom stereocenters. The molecular weight excluding hydrogens is 845 g/mol. The summed E-state index contributed by atoms with van der Waals surface area (Å²) in [7, 11) is 0. The Balaban J connectivity index is 1.20. The third kappa shape index (κ3) is 8.12. The highest BCUT2D eigenvalue weighted by Crippen LogP contribution is 2.72. The maximum Gasteiger partial charge on any atom is 0.0520 e. The molecule has 0 radical (unpaired) electrons. The Kier molecular flexibility index (Phi) is 12.1. The fourth-order valence-electron chi connectivity index (χ4n) is 13.5. The number of aryl methyl sites for hydroxylation is 7. The van der Waals surface area contributed by atoms with E-state index < -0.39 is 0 Å². The van der Waals surface area contributed by atoms with E-state index in [2.05, 4.69) is 233 Å². The van der Waals surface area contributed by atoms with Gasteiger partial charge in [-0.1, -0.05) is 157 Å². The van der Waals surface area contributed by atoms with Crippen LogP contribution in [0.2, 0.25) is 0 Å². The maximum absolute atomic E-state index is 2.67. The summed E-state index contributed by atoms with van der Waals surface area (Å²) in [6.45, 7) is 30.0. The quantitative estimate of drug-likeness (QED) is 0.135. The van der Waals surface area contributed by atoms with Crippen LogP contribution in [0.1, 0.15) is 166 Å². The van der Waals surface area contributed by atoms with Crippen LogP contribution in [-0.4, -0.2) is 0 Å². The van der Waals surface area contributed by atoms with E-state index in [0.29, 0.717) is 5.92 Å². The Labute approximate surface area is 422 Å². The van der Waals surface area contributed by atoms with Crippen LogP contribution in [0.4, 0.5) is 34.1 Å². The van der Waals surface area contributed by atoms with Gasteiger partial charge in [0.2, 0.25) is 0 Å². The number of anilines is 6. The third-order valence-corrected chi connectivity index (χ3v) is 17.2. The summed E-state index contributed by atoms with van der Waals surface area (Å²) in [5.41, 5.74) is 27.1. The van der Waals surface area contributed by atoms with Crippen LogP contribution in [0, 0.1) is 41.5 Å². The van der Waals surface area contributed by atoms with E-state index >= 15 is 0 Å². The van der Waals surface area contributed by atoms with Crippen molar-refractivity contribution < 1.29 is 0 Å². The summed E-state index contributed by atoms with van der Waals surface area (Å²) in [5, 5.41) is 0. The molecule has 0 saturated heterocycles.